The van der Waals surface area contributed by atoms with Crippen LogP contribution < -0.4 is 5.32 Å². The number of imidazole rings is 1. The van der Waals surface area contributed by atoms with Crippen molar-refractivity contribution in [3.8, 4) is 0 Å². The van der Waals surface area contributed by atoms with Crippen LogP contribution in [0.1, 0.15) is 44.3 Å². The minimum atomic E-state index is 0.803. The molecule has 3 heteroatoms. The maximum Gasteiger partial charge on any atom is 0.0951 e. The van der Waals surface area contributed by atoms with Crippen molar-refractivity contribution in [3.05, 3.63) is 18.2 Å². The van der Waals surface area contributed by atoms with Crippen molar-refractivity contribution >= 4 is 0 Å². The summed E-state index contributed by atoms with van der Waals surface area (Å²) in [5, 5.41) is 3.50. The van der Waals surface area contributed by atoms with Crippen LogP contribution in [0.5, 0.6) is 0 Å². The van der Waals surface area contributed by atoms with Gasteiger partial charge in [-0.25, -0.2) is 4.98 Å². The summed E-state index contributed by atoms with van der Waals surface area (Å²) in [6.07, 6.45) is 9.86. The fraction of sp³-hybridized carbons (Fsp3) is 0.800. The molecule has 1 aromatic rings. The molecule has 3 aliphatic rings. The molecule has 4 rings (SSSR count). The second kappa shape index (κ2) is 4.09. The monoisotopic (exact) mass is 245 g/mol. The Morgan fingerprint density at radius 1 is 1.33 bits per heavy atom. The van der Waals surface area contributed by atoms with Gasteiger partial charge in [0.15, 0.2) is 0 Å². The standard InChI is InChI=1S/C15H23N3/c1-2-5-16-7-12-8-17-9-18(12)15-13-10-3-4-11(6-10)14(13)15/h8-11,13-16H,2-7H2,1H3. The summed E-state index contributed by atoms with van der Waals surface area (Å²) in [6.45, 7) is 4.31. The van der Waals surface area contributed by atoms with E-state index < -0.39 is 0 Å². The Labute approximate surface area is 109 Å². The van der Waals surface area contributed by atoms with Gasteiger partial charge in [0.1, 0.15) is 0 Å². The summed E-state index contributed by atoms with van der Waals surface area (Å²) in [5.41, 5.74) is 1.39. The van der Waals surface area contributed by atoms with Gasteiger partial charge in [-0.1, -0.05) is 6.92 Å². The lowest BCUT2D eigenvalue weighted by Gasteiger charge is -2.13. The molecule has 0 radical (unpaired) electrons. The molecule has 0 saturated heterocycles. The summed E-state index contributed by atoms with van der Waals surface area (Å²) in [5.74, 6) is 4.10. The maximum absolute atomic E-state index is 4.38. The predicted octanol–water partition coefficient (Wildman–Crippen LogP) is 2.60. The molecule has 0 amide bonds. The molecule has 3 fully saturated rings. The number of nitrogens with one attached hydrogen (secondary N) is 1. The third kappa shape index (κ3) is 1.49. The molecule has 3 aliphatic carbocycles. The zero-order valence-electron chi connectivity index (χ0n) is 11.2. The van der Waals surface area contributed by atoms with Crippen LogP contribution in [-0.2, 0) is 6.54 Å². The lowest BCUT2D eigenvalue weighted by atomic mass is 10.0. The van der Waals surface area contributed by atoms with E-state index in [2.05, 4.69) is 34.3 Å². The first-order valence-electron chi connectivity index (χ1n) is 7.61. The molecule has 3 nitrogen and oxygen atoms in total. The topological polar surface area (TPSA) is 29.9 Å². The van der Waals surface area contributed by atoms with Crippen LogP contribution in [0.4, 0.5) is 0 Å². The van der Waals surface area contributed by atoms with Crippen LogP contribution in [0.15, 0.2) is 12.5 Å². The molecule has 1 heterocycles. The van der Waals surface area contributed by atoms with E-state index in [0.29, 0.717) is 0 Å². The van der Waals surface area contributed by atoms with E-state index in [-0.39, 0.29) is 0 Å². The summed E-state index contributed by atoms with van der Waals surface area (Å²) in [4.78, 5) is 4.38. The Morgan fingerprint density at radius 2 is 2.11 bits per heavy atom. The molecule has 3 saturated carbocycles. The minimum Gasteiger partial charge on any atom is -0.330 e. The van der Waals surface area contributed by atoms with Gasteiger partial charge in [0, 0.05) is 18.8 Å². The van der Waals surface area contributed by atoms with Gasteiger partial charge in [-0.05, 0) is 55.9 Å². The van der Waals surface area contributed by atoms with Crippen LogP contribution in [0.25, 0.3) is 0 Å². The predicted molar refractivity (Wildman–Crippen MR) is 71.1 cm³/mol. The smallest absolute Gasteiger partial charge is 0.0951 e. The Bertz CT molecular complexity index is 423. The summed E-state index contributed by atoms with van der Waals surface area (Å²) in [7, 11) is 0. The van der Waals surface area contributed by atoms with E-state index in [1.54, 1.807) is 0 Å². The zero-order chi connectivity index (χ0) is 12.1. The van der Waals surface area contributed by atoms with Crippen molar-refractivity contribution in [1.29, 1.82) is 0 Å². The van der Waals surface area contributed by atoms with Crippen LogP contribution in [0, 0.1) is 23.7 Å². The second-order valence-electron chi connectivity index (χ2n) is 6.45. The molecule has 0 aromatic carbocycles. The highest BCUT2D eigenvalue weighted by Crippen LogP contribution is 2.71. The summed E-state index contributed by atoms with van der Waals surface area (Å²) in [6, 6.07) is 0.803. The second-order valence-corrected chi connectivity index (χ2v) is 6.45. The van der Waals surface area contributed by atoms with Gasteiger partial charge < -0.3 is 9.88 Å². The highest BCUT2D eigenvalue weighted by atomic mass is 15.1. The molecular weight excluding hydrogens is 222 g/mol. The minimum absolute atomic E-state index is 0.803. The normalized spacial score (nSPS) is 40.2. The van der Waals surface area contributed by atoms with Crippen molar-refractivity contribution in [2.75, 3.05) is 6.54 Å². The first-order chi connectivity index (χ1) is 8.90. The molecule has 0 spiro atoms. The molecule has 0 aliphatic heterocycles. The van der Waals surface area contributed by atoms with Crippen molar-refractivity contribution in [2.45, 2.75) is 45.2 Å². The van der Waals surface area contributed by atoms with Gasteiger partial charge in [0.05, 0.1) is 12.0 Å². The zero-order valence-corrected chi connectivity index (χ0v) is 11.2. The van der Waals surface area contributed by atoms with E-state index in [0.717, 1.165) is 42.8 Å². The molecule has 4 unspecified atom stereocenters. The SMILES string of the molecule is CCCNCc1cncn1C1C2C3CCC(C3)C21. The fourth-order valence-electron chi connectivity index (χ4n) is 4.78. The fourth-order valence-corrected chi connectivity index (χ4v) is 4.78. The number of hydrogen-bond acceptors (Lipinski definition) is 2. The average Bonchev–Trinajstić information content (AvgIpc) is 2.78. The number of hydrogen-bond donors (Lipinski definition) is 1. The molecule has 2 bridgehead atoms. The lowest BCUT2D eigenvalue weighted by Crippen LogP contribution is -2.17. The Morgan fingerprint density at radius 3 is 2.83 bits per heavy atom. The summed E-state index contributed by atoms with van der Waals surface area (Å²) < 4.78 is 2.49. The molecule has 1 aromatic heterocycles. The molecule has 1 N–H and O–H groups in total. The lowest BCUT2D eigenvalue weighted by molar-refractivity contribution is 0.443. The molecule has 18 heavy (non-hydrogen) atoms. The van der Waals surface area contributed by atoms with Crippen LogP contribution in [0.2, 0.25) is 0 Å². The number of aromatic nitrogens is 2. The quantitative estimate of drug-likeness (QED) is 0.808. The van der Waals surface area contributed by atoms with Gasteiger partial charge in [0.25, 0.3) is 0 Å². The Balaban J connectivity index is 1.48. The van der Waals surface area contributed by atoms with Crippen molar-refractivity contribution in [3.63, 3.8) is 0 Å². The first kappa shape index (κ1) is 11.0. The van der Waals surface area contributed by atoms with Crippen molar-refractivity contribution in [2.24, 2.45) is 23.7 Å². The largest absolute Gasteiger partial charge is 0.330 e. The van der Waals surface area contributed by atoms with Gasteiger partial charge in [0.2, 0.25) is 0 Å². The van der Waals surface area contributed by atoms with Gasteiger partial charge in [-0.2, -0.15) is 0 Å². The van der Waals surface area contributed by atoms with Crippen molar-refractivity contribution < 1.29 is 0 Å². The Kier molecular flexibility index (Phi) is 2.51. The highest BCUT2D eigenvalue weighted by molar-refractivity contribution is 5.18. The first-order valence-corrected chi connectivity index (χ1v) is 7.61. The van der Waals surface area contributed by atoms with Crippen molar-refractivity contribution in [1.82, 2.24) is 14.9 Å². The third-order valence-corrected chi connectivity index (χ3v) is 5.50. The Hall–Kier alpha value is -0.830. The summed E-state index contributed by atoms with van der Waals surface area (Å²) >= 11 is 0. The van der Waals surface area contributed by atoms with Gasteiger partial charge >= 0.3 is 0 Å². The molecular formula is C15H23N3. The van der Waals surface area contributed by atoms with E-state index in [4.69, 9.17) is 0 Å². The number of rotatable bonds is 5. The highest BCUT2D eigenvalue weighted by Gasteiger charge is 2.65. The third-order valence-electron chi connectivity index (χ3n) is 5.50. The van der Waals surface area contributed by atoms with Crippen LogP contribution >= 0.6 is 0 Å². The van der Waals surface area contributed by atoms with E-state index in [1.807, 2.05) is 0 Å². The molecule has 98 valence electrons. The van der Waals surface area contributed by atoms with E-state index in [1.165, 1.54) is 31.4 Å². The van der Waals surface area contributed by atoms with E-state index in [9.17, 15) is 0 Å². The van der Waals surface area contributed by atoms with Crippen LogP contribution in [-0.4, -0.2) is 16.1 Å². The van der Waals surface area contributed by atoms with Gasteiger partial charge in [-0.15, -0.1) is 0 Å². The number of nitrogens with zero attached hydrogens (tertiary/aromatic N) is 2. The number of fused-ring (bicyclic) bond motifs is 5. The van der Waals surface area contributed by atoms with Gasteiger partial charge in [-0.3, -0.25) is 0 Å². The van der Waals surface area contributed by atoms with E-state index >= 15 is 0 Å². The molecule has 4 atom stereocenters. The average molecular weight is 245 g/mol. The maximum atomic E-state index is 4.38. The van der Waals surface area contributed by atoms with Crippen LogP contribution in [0.3, 0.4) is 0 Å².